The molecule has 2 aromatic rings. The van der Waals surface area contributed by atoms with E-state index in [9.17, 15) is 17.6 Å². The Balaban J connectivity index is 2.07. The SMILES string of the molecule is Fc1ccc(CNCc2nccs2)c(C(F)(F)F)c1. The number of alkyl halides is 3. The van der Waals surface area contributed by atoms with Crippen LogP contribution >= 0.6 is 11.3 Å². The zero-order chi connectivity index (χ0) is 13.9. The lowest BCUT2D eigenvalue weighted by Gasteiger charge is -2.13. The Morgan fingerprint density at radius 2 is 2.00 bits per heavy atom. The largest absolute Gasteiger partial charge is 0.416 e. The molecular formula is C12H10F4N2S. The first-order valence-corrected chi connectivity index (χ1v) is 6.29. The van der Waals surface area contributed by atoms with E-state index in [1.807, 2.05) is 0 Å². The van der Waals surface area contributed by atoms with Crippen LogP contribution in [0.1, 0.15) is 16.1 Å². The van der Waals surface area contributed by atoms with Crippen molar-refractivity contribution < 1.29 is 17.6 Å². The highest BCUT2D eigenvalue weighted by molar-refractivity contribution is 7.09. The Kier molecular flexibility index (Phi) is 4.16. The summed E-state index contributed by atoms with van der Waals surface area (Å²) in [6.45, 7) is 0.390. The summed E-state index contributed by atoms with van der Waals surface area (Å²) < 4.78 is 51.1. The Morgan fingerprint density at radius 1 is 1.21 bits per heavy atom. The van der Waals surface area contributed by atoms with Gasteiger partial charge >= 0.3 is 6.18 Å². The Morgan fingerprint density at radius 3 is 2.63 bits per heavy atom. The first kappa shape index (κ1) is 14.0. The third-order valence-corrected chi connectivity index (χ3v) is 3.23. The van der Waals surface area contributed by atoms with Crippen molar-refractivity contribution in [2.45, 2.75) is 19.3 Å². The second-order valence-corrected chi connectivity index (χ2v) is 4.81. The lowest BCUT2D eigenvalue weighted by Crippen LogP contribution is -2.17. The topological polar surface area (TPSA) is 24.9 Å². The quantitative estimate of drug-likeness (QED) is 0.870. The fourth-order valence-corrected chi connectivity index (χ4v) is 2.20. The van der Waals surface area contributed by atoms with Gasteiger partial charge in [-0.15, -0.1) is 11.3 Å². The summed E-state index contributed by atoms with van der Waals surface area (Å²) in [6, 6.07) is 2.68. The number of rotatable bonds is 4. The summed E-state index contributed by atoms with van der Waals surface area (Å²) in [6.07, 6.45) is -2.93. The molecule has 102 valence electrons. The van der Waals surface area contributed by atoms with Crippen LogP contribution in [-0.2, 0) is 19.3 Å². The van der Waals surface area contributed by atoms with Gasteiger partial charge in [-0.2, -0.15) is 13.2 Å². The molecular weight excluding hydrogens is 280 g/mol. The average molecular weight is 290 g/mol. The van der Waals surface area contributed by atoms with Gasteiger partial charge in [-0.1, -0.05) is 6.07 Å². The minimum atomic E-state index is -4.56. The fraction of sp³-hybridized carbons (Fsp3) is 0.250. The van der Waals surface area contributed by atoms with Gasteiger partial charge in [0.05, 0.1) is 5.56 Å². The standard InChI is InChI=1S/C12H10F4N2S/c13-9-2-1-8(10(5-9)12(14,15)16)6-17-7-11-18-3-4-19-11/h1-5,17H,6-7H2. The molecule has 0 aliphatic carbocycles. The molecule has 0 fully saturated rings. The molecule has 2 rings (SSSR count). The first-order chi connectivity index (χ1) is 8.97. The van der Waals surface area contributed by atoms with Gasteiger partial charge in [0.1, 0.15) is 10.8 Å². The number of nitrogens with zero attached hydrogens (tertiary/aromatic N) is 1. The first-order valence-electron chi connectivity index (χ1n) is 5.41. The molecule has 0 amide bonds. The molecule has 0 radical (unpaired) electrons. The van der Waals surface area contributed by atoms with Gasteiger partial charge < -0.3 is 5.32 Å². The van der Waals surface area contributed by atoms with Crippen LogP contribution in [0.3, 0.4) is 0 Å². The molecule has 0 saturated heterocycles. The Labute approximate surface area is 111 Å². The maximum absolute atomic E-state index is 12.9. The highest BCUT2D eigenvalue weighted by Crippen LogP contribution is 2.32. The highest BCUT2D eigenvalue weighted by Gasteiger charge is 2.33. The van der Waals surface area contributed by atoms with Gasteiger partial charge in [0.2, 0.25) is 0 Å². The Hall–Kier alpha value is -1.47. The predicted molar refractivity (Wildman–Crippen MR) is 64.1 cm³/mol. The second-order valence-electron chi connectivity index (χ2n) is 3.83. The predicted octanol–water partition coefficient (Wildman–Crippen LogP) is 3.59. The number of halogens is 4. The van der Waals surface area contributed by atoms with E-state index >= 15 is 0 Å². The molecule has 2 nitrogen and oxygen atoms in total. The van der Waals surface area contributed by atoms with E-state index < -0.39 is 17.6 Å². The van der Waals surface area contributed by atoms with Gasteiger partial charge in [-0.3, -0.25) is 0 Å². The molecule has 19 heavy (non-hydrogen) atoms. The molecule has 0 bridgehead atoms. The van der Waals surface area contributed by atoms with Crippen LogP contribution < -0.4 is 5.32 Å². The van der Waals surface area contributed by atoms with Crippen LogP contribution in [0.25, 0.3) is 0 Å². The summed E-state index contributed by atoms with van der Waals surface area (Å²) >= 11 is 1.41. The third kappa shape index (κ3) is 3.74. The van der Waals surface area contributed by atoms with Crippen LogP contribution in [-0.4, -0.2) is 4.98 Å². The number of hydrogen-bond donors (Lipinski definition) is 1. The number of aromatic nitrogens is 1. The maximum Gasteiger partial charge on any atom is 0.416 e. The van der Waals surface area contributed by atoms with Crippen LogP contribution in [0.2, 0.25) is 0 Å². The van der Waals surface area contributed by atoms with Crippen LogP contribution in [0.4, 0.5) is 17.6 Å². The molecule has 0 atom stereocenters. The molecule has 1 aromatic carbocycles. The number of hydrogen-bond acceptors (Lipinski definition) is 3. The van der Waals surface area contributed by atoms with Crippen molar-refractivity contribution in [1.82, 2.24) is 10.3 Å². The molecule has 0 spiro atoms. The van der Waals surface area contributed by atoms with E-state index in [0.29, 0.717) is 12.6 Å². The van der Waals surface area contributed by atoms with E-state index in [0.717, 1.165) is 17.1 Å². The summed E-state index contributed by atoms with van der Waals surface area (Å²) in [7, 11) is 0. The van der Waals surface area contributed by atoms with E-state index in [-0.39, 0.29) is 12.1 Å². The smallest absolute Gasteiger partial charge is 0.306 e. The van der Waals surface area contributed by atoms with Gasteiger partial charge in [0, 0.05) is 24.7 Å². The van der Waals surface area contributed by atoms with E-state index in [4.69, 9.17) is 0 Å². The molecule has 0 saturated carbocycles. The van der Waals surface area contributed by atoms with Crippen LogP contribution in [0.5, 0.6) is 0 Å². The molecule has 7 heteroatoms. The average Bonchev–Trinajstić information content (AvgIpc) is 2.83. The molecule has 1 N–H and O–H groups in total. The summed E-state index contributed by atoms with van der Waals surface area (Å²) in [4.78, 5) is 4.01. The van der Waals surface area contributed by atoms with Crippen molar-refractivity contribution in [1.29, 1.82) is 0 Å². The lowest BCUT2D eigenvalue weighted by atomic mass is 10.1. The monoisotopic (exact) mass is 290 g/mol. The van der Waals surface area contributed by atoms with E-state index in [1.54, 1.807) is 11.6 Å². The molecule has 0 unspecified atom stereocenters. The minimum Gasteiger partial charge on any atom is -0.306 e. The number of benzene rings is 1. The molecule has 1 aromatic heterocycles. The van der Waals surface area contributed by atoms with Crippen molar-refractivity contribution in [2.75, 3.05) is 0 Å². The van der Waals surface area contributed by atoms with Gasteiger partial charge in [-0.25, -0.2) is 9.37 Å². The third-order valence-electron chi connectivity index (χ3n) is 2.45. The van der Waals surface area contributed by atoms with Crippen LogP contribution in [0.15, 0.2) is 29.8 Å². The number of thiazole rings is 1. The normalized spacial score (nSPS) is 11.8. The van der Waals surface area contributed by atoms with Crippen molar-refractivity contribution in [3.63, 3.8) is 0 Å². The fourth-order valence-electron chi connectivity index (χ4n) is 1.61. The van der Waals surface area contributed by atoms with Crippen molar-refractivity contribution in [2.24, 2.45) is 0 Å². The zero-order valence-electron chi connectivity index (χ0n) is 9.67. The Bertz CT molecular complexity index is 537. The molecule has 0 aliphatic rings. The van der Waals surface area contributed by atoms with Gasteiger partial charge in [0.15, 0.2) is 0 Å². The minimum absolute atomic E-state index is 0.00863. The van der Waals surface area contributed by atoms with Crippen LogP contribution in [0, 0.1) is 5.82 Å². The summed E-state index contributed by atoms with van der Waals surface area (Å²) in [5.41, 5.74) is -0.926. The lowest BCUT2D eigenvalue weighted by molar-refractivity contribution is -0.138. The van der Waals surface area contributed by atoms with Gasteiger partial charge in [0.25, 0.3) is 0 Å². The van der Waals surface area contributed by atoms with Crippen molar-refractivity contribution in [3.05, 3.63) is 51.7 Å². The maximum atomic E-state index is 12.9. The summed E-state index contributed by atoms with van der Waals surface area (Å²) in [5, 5.41) is 5.44. The highest BCUT2D eigenvalue weighted by atomic mass is 32.1. The molecule has 0 aliphatic heterocycles. The molecule has 1 heterocycles. The van der Waals surface area contributed by atoms with Crippen molar-refractivity contribution in [3.8, 4) is 0 Å². The summed E-state index contributed by atoms with van der Waals surface area (Å²) in [5.74, 6) is -0.893. The second kappa shape index (κ2) is 5.66. The van der Waals surface area contributed by atoms with E-state index in [1.165, 1.54) is 11.3 Å². The van der Waals surface area contributed by atoms with E-state index in [2.05, 4.69) is 10.3 Å². The zero-order valence-corrected chi connectivity index (χ0v) is 10.5. The van der Waals surface area contributed by atoms with Gasteiger partial charge in [-0.05, 0) is 17.7 Å². The van der Waals surface area contributed by atoms with Crippen molar-refractivity contribution >= 4 is 11.3 Å². The number of nitrogens with one attached hydrogen (secondary N) is 1.